The Kier molecular flexibility index (Phi) is 5.57. The van der Waals surface area contributed by atoms with Gasteiger partial charge in [-0.15, -0.1) is 0 Å². The van der Waals surface area contributed by atoms with E-state index in [1.807, 2.05) is 24.3 Å². The summed E-state index contributed by atoms with van der Waals surface area (Å²) >= 11 is 3.33. The van der Waals surface area contributed by atoms with Crippen molar-refractivity contribution in [3.63, 3.8) is 0 Å². The number of ether oxygens (including phenoxy) is 1. The molecule has 0 spiro atoms. The zero-order valence-corrected chi connectivity index (χ0v) is 12.8. The number of hydrogen-bond donors (Lipinski definition) is 1. The van der Waals surface area contributed by atoms with Gasteiger partial charge in [0.25, 0.3) is 5.91 Å². The predicted molar refractivity (Wildman–Crippen MR) is 79.6 cm³/mol. The lowest BCUT2D eigenvalue weighted by Crippen LogP contribution is -2.26. The third-order valence-corrected chi connectivity index (χ3v) is 3.20. The average molecular weight is 352 g/mol. The van der Waals surface area contributed by atoms with Crippen LogP contribution in [0.1, 0.15) is 22.5 Å². The van der Waals surface area contributed by atoms with Crippen LogP contribution in [0.25, 0.3) is 0 Å². The second-order valence-electron chi connectivity index (χ2n) is 4.27. The standard InChI is InChI=1S/C15H14BrNO4/c16-12-5-3-11(4-6-12)10-21-14(18)7-8-17-15(19)13-2-1-9-20-13/h1-6,9H,7-8,10H2,(H,17,19). The first kappa shape index (κ1) is 15.3. The molecule has 0 radical (unpaired) electrons. The van der Waals surface area contributed by atoms with E-state index in [2.05, 4.69) is 21.2 Å². The topological polar surface area (TPSA) is 68.5 Å². The van der Waals surface area contributed by atoms with Crippen LogP contribution >= 0.6 is 15.9 Å². The second-order valence-corrected chi connectivity index (χ2v) is 5.19. The van der Waals surface area contributed by atoms with Crippen LogP contribution in [-0.4, -0.2) is 18.4 Å². The summed E-state index contributed by atoms with van der Waals surface area (Å²) in [5, 5.41) is 2.58. The maximum absolute atomic E-state index is 11.5. The first-order chi connectivity index (χ1) is 10.1. The molecule has 21 heavy (non-hydrogen) atoms. The highest BCUT2D eigenvalue weighted by atomic mass is 79.9. The molecule has 6 heteroatoms. The molecule has 0 saturated heterocycles. The van der Waals surface area contributed by atoms with Crippen LogP contribution in [0.3, 0.4) is 0 Å². The van der Waals surface area contributed by atoms with Gasteiger partial charge in [0.15, 0.2) is 5.76 Å². The van der Waals surface area contributed by atoms with Gasteiger partial charge in [-0.25, -0.2) is 0 Å². The van der Waals surface area contributed by atoms with Gasteiger partial charge in [0.2, 0.25) is 0 Å². The summed E-state index contributed by atoms with van der Waals surface area (Å²) in [7, 11) is 0. The van der Waals surface area contributed by atoms with Crippen LogP contribution in [0.15, 0.2) is 51.6 Å². The number of nitrogens with one attached hydrogen (secondary N) is 1. The molecule has 1 aromatic heterocycles. The van der Waals surface area contributed by atoms with Crippen molar-refractivity contribution in [3.05, 3.63) is 58.5 Å². The van der Waals surface area contributed by atoms with Crippen LogP contribution < -0.4 is 5.32 Å². The summed E-state index contributed by atoms with van der Waals surface area (Å²) < 4.78 is 11.0. The maximum Gasteiger partial charge on any atom is 0.307 e. The number of esters is 1. The fourth-order valence-electron chi connectivity index (χ4n) is 1.59. The van der Waals surface area contributed by atoms with E-state index < -0.39 is 0 Å². The van der Waals surface area contributed by atoms with E-state index in [0.29, 0.717) is 0 Å². The van der Waals surface area contributed by atoms with Gasteiger partial charge >= 0.3 is 5.97 Å². The van der Waals surface area contributed by atoms with E-state index in [1.54, 1.807) is 12.1 Å². The summed E-state index contributed by atoms with van der Waals surface area (Å²) in [6, 6.07) is 10.7. The Labute approximate surface area is 130 Å². The molecule has 0 fully saturated rings. The molecule has 0 saturated carbocycles. The van der Waals surface area contributed by atoms with E-state index in [1.165, 1.54) is 6.26 Å². The van der Waals surface area contributed by atoms with Crippen LogP contribution in [0, 0.1) is 0 Å². The van der Waals surface area contributed by atoms with E-state index in [4.69, 9.17) is 9.15 Å². The van der Waals surface area contributed by atoms with E-state index in [9.17, 15) is 9.59 Å². The van der Waals surface area contributed by atoms with E-state index in [0.717, 1.165) is 10.0 Å². The number of furan rings is 1. The number of carbonyl (C=O) groups excluding carboxylic acids is 2. The molecule has 5 nitrogen and oxygen atoms in total. The number of benzene rings is 1. The molecule has 0 aliphatic rings. The first-order valence-corrected chi connectivity index (χ1v) is 7.16. The molecule has 1 N–H and O–H groups in total. The molecule has 1 heterocycles. The average Bonchev–Trinajstić information content (AvgIpc) is 3.01. The Bertz CT molecular complexity index is 593. The zero-order valence-electron chi connectivity index (χ0n) is 11.2. The fraction of sp³-hybridized carbons (Fsp3) is 0.200. The lowest BCUT2D eigenvalue weighted by molar-refractivity contribution is -0.144. The van der Waals surface area contributed by atoms with Crippen LogP contribution in [-0.2, 0) is 16.1 Å². The Hall–Kier alpha value is -2.08. The molecule has 0 aliphatic heterocycles. The highest BCUT2D eigenvalue weighted by Gasteiger charge is 2.09. The molecular weight excluding hydrogens is 338 g/mol. The predicted octanol–water partition coefficient (Wildman–Crippen LogP) is 2.91. The van der Waals surface area contributed by atoms with Gasteiger partial charge in [-0.3, -0.25) is 9.59 Å². The van der Waals surface area contributed by atoms with Crippen LogP contribution in [0.5, 0.6) is 0 Å². The lowest BCUT2D eigenvalue weighted by atomic mass is 10.2. The van der Waals surface area contributed by atoms with Crippen LogP contribution in [0.4, 0.5) is 0 Å². The first-order valence-electron chi connectivity index (χ1n) is 6.37. The van der Waals surface area contributed by atoms with Gasteiger partial charge < -0.3 is 14.5 Å². The summed E-state index contributed by atoms with van der Waals surface area (Å²) in [5.41, 5.74) is 0.908. The van der Waals surface area contributed by atoms with Gasteiger partial charge in [0.1, 0.15) is 6.61 Å². The molecule has 0 bridgehead atoms. The van der Waals surface area contributed by atoms with Gasteiger partial charge in [-0.2, -0.15) is 0 Å². The van der Waals surface area contributed by atoms with Crippen molar-refractivity contribution in [2.45, 2.75) is 13.0 Å². The number of hydrogen-bond acceptors (Lipinski definition) is 4. The van der Waals surface area contributed by atoms with Gasteiger partial charge in [0, 0.05) is 11.0 Å². The molecule has 0 aliphatic carbocycles. The number of halogens is 1. The Morgan fingerprint density at radius 2 is 1.95 bits per heavy atom. The van der Waals surface area contributed by atoms with Crippen molar-refractivity contribution in [2.24, 2.45) is 0 Å². The smallest absolute Gasteiger partial charge is 0.307 e. The van der Waals surface area contributed by atoms with Gasteiger partial charge in [0.05, 0.1) is 12.7 Å². The van der Waals surface area contributed by atoms with Crippen molar-refractivity contribution < 1.29 is 18.7 Å². The quantitative estimate of drug-likeness (QED) is 0.812. The minimum absolute atomic E-state index is 0.114. The van der Waals surface area contributed by atoms with Crippen molar-refractivity contribution in [1.29, 1.82) is 0 Å². The highest BCUT2D eigenvalue weighted by Crippen LogP contribution is 2.11. The number of amides is 1. The fourth-order valence-corrected chi connectivity index (χ4v) is 1.85. The molecule has 1 aromatic carbocycles. The third kappa shape index (κ3) is 5.07. The summed E-state index contributed by atoms with van der Waals surface area (Å²) in [6.07, 6.45) is 1.53. The second kappa shape index (κ2) is 7.64. The summed E-state index contributed by atoms with van der Waals surface area (Å²) in [5.74, 6) is -0.489. The van der Waals surface area contributed by atoms with Gasteiger partial charge in [-0.1, -0.05) is 28.1 Å². The molecule has 0 unspecified atom stereocenters. The molecule has 110 valence electrons. The van der Waals surface area contributed by atoms with Crippen LogP contribution in [0.2, 0.25) is 0 Å². The van der Waals surface area contributed by atoms with Crippen molar-refractivity contribution >= 4 is 27.8 Å². The maximum atomic E-state index is 11.5. The lowest BCUT2D eigenvalue weighted by Gasteiger charge is -2.06. The van der Waals surface area contributed by atoms with Gasteiger partial charge in [-0.05, 0) is 29.8 Å². The van der Waals surface area contributed by atoms with E-state index >= 15 is 0 Å². The SMILES string of the molecule is O=C(CCNC(=O)c1ccco1)OCc1ccc(Br)cc1. The summed E-state index contributed by atoms with van der Waals surface area (Å²) in [6.45, 7) is 0.428. The molecule has 0 atom stereocenters. The Morgan fingerprint density at radius 3 is 2.62 bits per heavy atom. The van der Waals surface area contributed by atoms with Crippen molar-refractivity contribution in [2.75, 3.05) is 6.54 Å². The molecule has 1 amide bonds. The van der Waals surface area contributed by atoms with Crippen molar-refractivity contribution in [1.82, 2.24) is 5.32 Å². The Balaban J connectivity index is 1.66. The molecule has 2 aromatic rings. The Morgan fingerprint density at radius 1 is 1.19 bits per heavy atom. The van der Waals surface area contributed by atoms with Crippen molar-refractivity contribution in [3.8, 4) is 0 Å². The molecule has 2 rings (SSSR count). The minimum Gasteiger partial charge on any atom is -0.461 e. The monoisotopic (exact) mass is 351 g/mol. The number of rotatable bonds is 6. The highest BCUT2D eigenvalue weighted by molar-refractivity contribution is 9.10. The third-order valence-electron chi connectivity index (χ3n) is 2.67. The number of carbonyl (C=O) groups is 2. The zero-order chi connectivity index (χ0) is 15.1. The molecular formula is C15H14BrNO4. The largest absolute Gasteiger partial charge is 0.461 e. The minimum atomic E-state index is -0.363. The van der Waals surface area contributed by atoms with E-state index in [-0.39, 0.29) is 37.2 Å². The summed E-state index contributed by atoms with van der Waals surface area (Å²) in [4.78, 5) is 23.1. The normalized spacial score (nSPS) is 10.1.